The van der Waals surface area contributed by atoms with Crippen LogP contribution < -0.4 is 4.74 Å². The number of rotatable bonds is 3. The van der Waals surface area contributed by atoms with E-state index >= 15 is 0 Å². The summed E-state index contributed by atoms with van der Waals surface area (Å²) < 4.78 is 36.9. The Morgan fingerprint density at radius 2 is 2.25 bits per heavy atom. The minimum absolute atomic E-state index is 0.181. The summed E-state index contributed by atoms with van der Waals surface area (Å²) in [6.07, 6.45) is 0.586. The molecule has 6 heteroatoms. The highest BCUT2D eigenvalue weighted by atomic mass is 32.2. The van der Waals surface area contributed by atoms with Crippen molar-refractivity contribution in [3.63, 3.8) is 0 Å². The van der Waals surface area contributed by atoms with E-state index in [1.807, 2.05) is 0 Å². The van der Waals surface area contributed by atoms with Crippen molar-refractivity contribution in [1.82, 2.24) is 0 Å². The Hall–Kier alpha value is -1.11. The quantitative estimate of drug-likeness (QED) is 0.757. The van der Waals surface area contributed by atoms with E-state index < -0.39 is 15.6 Å². The standard InChI is InChI=1S/C10H12O5S/c11-10(16(12,13)14)6-7-1-2-9-8(5-7)3-4-15-9/h1-2,5,10-11H,3-4,6H2,(H,12,13,14)/p-1. The molecule has 0 aromatic heterocycles. The maximum atomic E-state index is 10.5. The zero-order valence-corrected chi connectivity index (χ0v) is 9.24. The van der Waals surface area contributed by atoms with E-state index in [1.165, 1.54) is 0 Å². The van der Waals surface area contributed by atoms with Crippen molar-refractivity contribution in [3.05, 3.63) is 29.3 Å². The third-order valence-corrected chi connectivity index (χ3v) is 3.33. The van der Waals surface area contributed by atoms with Gasteiger partial charge in [0.05, 0.1) is 6.61 Å². The molecular weight excluding hydrogens is 232 g/mol. The summed E-state index contributed by atoms with van der Waals surface area (Å²) in [6, 6.07) is 5.14. The molecule has 1 heterocycles. The molecule has 1 atom stereocenters. The predicted octanol–water partition coefficient (Wildman–Crippen LogP) is 0.0276. The summed E-state index contributed by atoms with van der Waals surface area (Å²) in [5.41, 5.74) is -0.281. The topological polar surface area (TPSA) is 86.7 Å². The molecule has 5 nitrogen and oxygen atoms in total. The van der Waals surface area contributed by atoms with Gasteiger partial charge in [0, 0.05) is 12.8 Å². The Morgan fingerprint density at radius 1 is 1.50 bits per heavy atom. The molecule has 0 aliphatic carbocycles. The smallest absolute Gasteiger partial charge is 0.147 e. The Morgan fingerprint density at radius 3 is 2.94 bits per heavy atom. The molecule has 1 N–H and O–H groups in total. The average molecular weight is 243 g/mol. The lowest BCUT2D eigenvalue weighted by molar-refractivity contribution is 0.231. The molecule has 0 fully saturated rings. The molecule has 1 aromatic rings. The molecule has 88 valence electrons. The predicted molar refractivity (Wildman–Crippen MR) is 55.0 cm³/mol. The summed E-state index contributed by atoms with van der Waals surface area (Å²) in [5.74, 6) is 0.781. The van der Waals surface area contributed by atoms with Crippen LogP contribution in [0.1, 0.15) is 11.1 Å². The normalized spacial score (nSPS) is 16.6. The van der Waals surface area contributed by atoms with Gasteiger partial charge in [-0.3, -0.25) is 0 Å². The average Bonchev–Trinajstić information content (AvgIpc) is 2.63. The van der Waals surface area contributed by atoms with Gasteiger partial charge < -0.3 is 14.4 Å². The van der Waals surface area contributed by atoms with Crippen LogP contribution in [0.4, 0.5) is 0 Å². The van der Waals surface area contributed by atoms with E-state index in [-0.39, 0.29) is 6.42 Å². The van der Waals surface area contributed by atoms with Crippen molar-refractivity contribution >= 4 is 10.1 Å². The number of aliphatic hydroxyl groups is 1. The van der Waals surface area contributed by atoms with Gasteiger partial charge in [0.2, 0.25) is 0 Å². The largest absolute Gasteiger partial charge is 0.746 e. The van der Waals surface area contributed by atoms with Crippen molar-refractivity contribution in [2.24, 2.45) is 0 Å². The Bertz CT molecular complexity index is 494. The zero-order chi connectivity index (χ0) is 11.8. The fourth-order valence-electron chi connectivity index (χ4n) is 1.67. The monoisotopic (exact) mass is 243 g/mol. The number of ether oxygens (including phenoxy) is 1. The molecular formula is C10H11O5S-. The van der Waals surface area contributed by atoms with Gasteiger partial charge in [0.1, 0.15) is 21.3 Å². The first-order valence-corrected chi connectivity index (χ1v) is 6.31. The van der Waals surface area contributed by atoms with Crippen LogP contribution in [0, 0.1) is 0 Å². The van der Waals surface area contributed by atoms with E-state index in [0.29, 0.717) is 12.2 Å². The van der Waals surface area contributed by atoms with Crippen molar-refractivity contribution in [2.45, 2.75) is 18.3 Å². The SMILES string of the molecule is O=S(=O)([O-])C(O)Cc1ccc2c(c1)CCO2. The summed E-state index contributed by atoms with van der Waals surface area (Å²) in [7, 11) is -4.64. The number of benzene rings is 1. The van der Waals surface area contributed by atoms with Crippen LogP contribution >= 0.6 is 0 Å². The van der Waals surface area contributed by atoms with Crippen molar-refractivity contribution in [2.75, 3.05) is 6.61 Å². The van der Waals surface area contributed by atoms with Crippen molar-refractivity contribution < 1.29 is 22.8 Å². The molecule has 16 heavy (non-hydrogen) atoms. The van der Waals surface area contributed by atoms with Gasteiger partial charge in [-0.15, -0.1) is 0 Å². The van der Waals surface area contributed by atoms with Gasteiger partial charge in [0.15, 0.2) is 0 Å². The van der Waals surface area contributed by atoms with Gasteiger partial charge >= 0.3 is 0 Å². The molecule has 1 aliphatic rings. The number of hydrogen-bond acceptors (Lipinski definition) is 5. The highest BCUT2D eigenvalue weighted by molar-refractivity contribution is 7.86. The number of hydrogen-bond donors (Lipinski definition) is 1. The second-order valence-corrected chi connectivity index (χ2v) is 5.22. The second-order valence-electron chi connectivity index (χ2n) is 3.69. The molecule has 1 aromatic carbocycles. The first-order chi connectivity index (χ1) is 7.47. The van der Waals surface area contributed by atoms with Crippen LogP contribution in [-0.2, 0) is 23.0 Å². The molecule has 2 rings (SSSR count). The lowest BCUT2D eigenvalue weighted by Crippen LogP contribution is -2.22. The van der Waals surface area contributed by atoms with E-state index in [2.05, 4.69) is 0 Å². The second kappa shape index (κ2) is 4.04. The van der Waals surface area contributed by atoms with E-state index in [4.69, 9.17) is 9.84 Å². The molecule has 0 saturated heterocycles. The minimum Gasteiger partial charge on any atom is -0.746 e. The summed E-state index contributed by atoms with van der Waals surface area (Å²) in [6.45, 7) is 0.612. The van der Waals surface area contributed by atoms with Crippen molar-refractivity contribution in [1.29, 1.82) is 0 Å². The first kappa shape index (κ1) is 11.4. The number of aliphatic hydroxyl groups excluding tert-OH is 1. The Balaban J connectivity index is 2.17. The summed E-state index contributed by atoms with van der Waals surface area (Å²) in [5, 5.41) is 9.16. The highest BCUT2D eigenvalue weighted by Crippen LogP contribution is 2.26. The van der Waals surface area contributed by atoms with Crippen molar-refractivity contribution in [3.8, 4) is 5.75 Å². The van der Waals surface area contributed by atoms with E-state index in [0.717, 1.165) is 17.7 Å². The molecule has 1 aliphatic heterocycles. The fourth-order valence-corrected chi connectivity index (χ4v) is 2.07. The zero-order valence-electron chi connectivity index (χ0n) is 8.42. The van der Waals surface area contributed by atoms with Gasteiger partial charge in [-0.1, -0.05) is 12.1 Å². The van der Waals surface area contributed by atoms with Crippen LogP contribution in [0.5, 0.6) is 5.75 Å². The van der Waals surface area contributed by atoms with Crippen LogP contribution in [-0.4, -0.2) is 30.1 Å². The molecule has 0 radical (unpaired) electrons. The maximum absolute atomic E-state index is 10.5. The third-order valence-electron chi connectivity index (χ3n) is 2.50. The Labute approximate surface area is 93.4 Å². The van der Waals surface area contributed by atoms with Crippen LogP contribution in [0.15, 0.2) is 18.2 Å². The van der Waals surface area contributed by atoms with E-state index in [9.17, 15) is 13.0 Å². The molecule has 0 amide bonds. The third kappa shape index (κ3) is 2.34. The van der Waals surface area contributed by atoms with Gasteiger partial charge in [-0.05, 0) is 17.2 Å². The molecule has 0 bridgehead atoms. The maximum Gasteiger partial charge on any atom is 0.147 e. The minimum atomic E-state index is -4.64. The van der Waals surface area contributed by atoms with Crippen LogP contribution in [0.25, 0.3) is 0 Å². The summed E-state index contributed by atoms with van der Waals surface area (Å²) in [4.78, 5) is 0. The lowest BCUT2D eigenvalue weighted by atomic mass is 10.1. The van der Waals surface area contributed by atoms with Crippen LogP contribution in [0.3, 0.4) is 0 Å². The number of fused-ring (bicyclic) bond motifs is 1. The first-order valence-electron chi connectivity index (χ1n) is 4.84. The molecule has 0 spiro atoms. The van der Waals surface area contributed by atoms with Gasteiger partial charge in [-0.25, -0.2) is 8.42 Å². The summed E-state index contributed by atoms with van der Waals surface area (Å²) >= 11 is 0. The molecule has 1 unspecified atom stereocenters. The highest BCUT2D eigenvalue weighted by Gasteiger charge is 2.16. The fraction of sp³-hybridized carbons (Fsp3) is 0.400. The van der Waals surface area contributed by atoms with Gasteiger partial charge in [0.25, 0.3) is 0 Å². The molecule has 0 saturated carbocycles. The lowest BCUT2D eigenvalue weighted by Gasteiger charge is -2.15. The van der Waals surface area contributed by atoms with Gasteiger partial charge in [-0.2, -0.15) is 0 Å². The Kier molecular flexibility index (Phi) is 2.88. The van der Waals surface area contributed by atoms with Crippen LogP contribution in [0.2, 0.25) is 0 Å². The van der Waals surface area contributed by atoms with E-state index in [1.54, 1.807) is 18.2 Å².